The highest BCUT2D eigenvalue weighted by molar-refractivity contribution is 6.04. The zero-order valence-corrected chi connectivity index (χ0v) is 10.6. The van der Waals surface area contributed by atoms with Crippen molar-refractivity contribution in [3.05, 3.63) is 0 Å². The number of hydrogen-bond donors (Lipinski definition) is 1. The Bertz CT molecular complexity index is 332. The van der Waals surface area contributed by atoms with E-state index in [9.17, 15) is 19.5 Å². The van der Waals surface area contributed by atoms with Gasteiger partial charge in [0.2, 0.25) is 0 Å². The average Bonchev–Trinajstić information content (AvgIpc) is 2.60. The topological polar surface area (TPSA) is 89.9 Å². The van der Waals surface area contributed by atoms with Gasteiger partial charge in [0.05, 0.1) is 13.2 Å². The lowest BCUT2D eigenvalue weighted by Crippen LogP contribution is -2.51. The first-order valence-electron chi connectivity index (χ1n) is 6.06. The van der Waals surface area contributed by atoms with Crippen molar-refractivity contribution >= 4 is 17.7 Å². The summed E-state index contributed by atoms with van der Waals surface area (Å²) in [4.78, 5) is 35.2. The molecular formula is C12H18O6. The largest absolute Gasteiger partial charge is 0.465 e. The van der Waals surface area contributed by atoms with E-state index in [4.69, 9.17) is 9.47 Å². The van der Waals surface area contributed by atoms with Gasteiger partial charge in [0, 0.05) is 6.42 Å². The molecule has 1 unspecified atom stereocenters. The standard InChI is InChI=1S/C12H18O6/c1-3-17-10(14)9(11(15)18-4-2)12(16)7-5-6-8(12)13/h9,16H,3-7H2,1-2H3. The third kappa shape index (κ3) is 2.69. The Morgan fingerprint density at radius 2 is 1.78 bits per heavy atom. The molecule has 1 aliphatic carbocycles. The highest BCUT2D eigenvalue weighted by Crippen LogP contribution is 2.34. The van der Waals surface area contributed by atoms with Gasteiger partial charge in [-0.3, -0.25) is 14.4 Å². The van der Waals surface area contributed by atoms with E-state index in [1.165, 1.54) is 0 Å². The van der Waals surface area contributed by atoms with Gasteiger partial charge < -0.3 is 14.6 Å². The van der Waals surface area contributed by atoms with Crippen LogP contribution in [-0.4, -0.2) is 41.6 Å². The van der Waals surface area contributed by atoms with Gasteiger partial charge in [-0.05, 0) is 26.7 Å². The number of aliphatic hydroxyl groups is 1. The zero-order chi connectivity index (χ0) is 13.8. The van der Waals surface area contributed by atoms with Gasteiger partial charge in [-0.15, -0.1) is 0 Å². The third-order valence-corrected chi connectivity index (χ3v) is 2.97. The maximum atomic E-state index is 11.8. The fraction of sp³-hybridized carbons (Fsp3) is 0.750. The van der Waals surface area contributed by atoms with Gasteiger partial charge >= 0.3 is 11.9 Å². The van der Waals surface area contributed by atoms with Crippen LogP contribution in [-0.2, 0) is 23.9 Å². The summed E-state index contributed by atoms with van der Waals surface area (Å²) in [6, 6.07) is 0. The Morgan fingerprint density at radius 1 is 1.28 bits per heavy atom. The lowest BCUT2D eigenvalue weighted by Gasteiger charge is -2.27. The highest BCUT2D eigenvalue weighted by atomic mass is 16.6. The van der Waals surface area contributed by atoms with Gasteiger partial charge in [-0.1, -0.05) is 0 Å². The molecule has 1 aliphatic rings. The fourth-order valence-electron chi connectivity index (χ4n) is 2.12. The Hall–Kier alpha value is -1.43. The summed E-state index contributed by atoms with van der Waals surface area (Å²) < 4.78 is 9.49. The van der Waals surface area contributed by atoms with Gasteiger partial charge in [0.15, 0.2) is 11.7 Å². The molecule has 1 rings (SSSR count). The lowest BCUT2D eigenvalue weighted by molar-refractivity contribution is -0.177. The Kier molecular flexibility index (Phi) is 4.84. The number of carbonyl (C=O) groups is 3. The van der Waals surface area contributed by atoms with E-state index in [1.807, 2.05) is 0 Å². The number of Topliss-reactive ketones (excluding diaryl/α,β-unsaturated/α-hetero) is 1. The summed E-state index contributed by atoms with van der Waals surface area (Å²) in [5.74, 6) is -3.90. The highest BCUT2D eigenvalue weighted by Gasteiger charge is 2.55. The molecule has 0 saturated heterocycles. The number of ketones is 1. The summed E-state index contributed by atoms with van der Waals surface area (Å²) >= 11 is 0. The molecule has 0 aromatic carbocycles. The van der Waals surface area contributed by atoms with E-state index in [0.717, 1.165) is 0 Å². The number of rotatable bonds is 5. The number of hydrogen-bond acceptors (Lipinski definition) is 6. The summed E-state index contributed by atoms with van der Waals surface area (Å²) in [6.07, 6.45) is 0.685. The molecule has 0 radical (unpaired) electrons. The molecule has 18 heavy (non-hydrogen) atoms. The Balaban J connectivity index is 3.00. The quantitative estimate of drug-likeness (QED) is 0.560. The maximum absolute atomic E-state index is 11.8. The molecule has 6 heteroatoms. The molecule has 102 valence electrons. The molecule has 0 amide bonds. The summed E-state index contributed by atoms with van der Waals surface area (Å²) in [7, 11) is 0. The minimum Gasteiger partial charge on any atom is -0.465 e. The molecule has 1 fully saturated rings. The van der Waals surface area contributed by atoms with Crippen LogP contribution in [0.15, 0.2) is 0 Å². The van der Waals surface area contributed by atoms with Gasteiger partial charge in [-0.25, -0.2) is 0 Å². The van der Waals surface area contributed by atoms with Gasteiger partial charge in [0.25, 0.3) is 0 Å². The molecule has 0 spiro atoms. The predicted octanol–water partition coefficient (Wildman–Crippen LogP) is 0.213. The first-order chi connectivity index (χ1) is 8.47. The lowest BCUT2D eigenvalue weighted by atomic mass is 9.85. The number of carbonyl (C=O) groups excluding carboxylic acids is 3. The van der Waals surface area contributed by atoms with E-state index in [0.29, 0.717) is 6.42 Å². The minimum absolute atomic E-state index is 0.0685. The van der Waals surface area contributed by atoms with E-state index in [-0.39, 0.29) is 26.1 Å². The zero-order valence-electron chi connectivity index (χ0n) is 10.6. The average molecular weight is 258 g/mol. The molecule has 0 aromatic heterocycles. The second-order valence-corrected chi connectivity index (χ2v) is 4.14. The van der Waals surface area contributed by atoms with E-state index >= 15 is 0 Å². The van der Waals surface area contributed by atoms with Crippen molar-refractivity contribution in [1.82, 2.24) is 0 Å². The van der Waals surface area contributed by atoms with Crippen LogP contribution in [0.3, 0.4) is 0 Å². The summed E-state index contributed by atoms with van der Waals surface area (Å²) in [5, 5.41) is 10.3. The fourth-order valence-corrected chi connectivity index (χ4v) is 2.12. The van der Waals surface area contributed by atoms with E-state index in [1.54, 1.807) is 13.8 Å². The van der Waals surface area contributed by atoms with Crippen molar-refractivity contribution in [3.63, 3.8) is 0 Å². The SMILES string of the molecule is CCOC(=O)C(C(=O)OCC)C1(O)CCCC1=O. The minimum atomic E-state index is -1.97. The first kappa shape index (κ1) is 14.6. The Morgan fingerprint density at radius 3 is 2.11 bits per heavy atom. The molecule has 1 atom stereocenters. The van der Waals surface area contributed by atoms with Crippen LogP contribution in [0.5, 0.6) is 0 Å². The van der Waals surface area contributed by atoms with Crippen LogP contribution < -0.4 is 0 Å². The monoisotopic (exact) mass is 258 g/mol. The van der Waals surface area contributed by atoms with Crippen molar-refractivity contribution in [3.8, 4) is 0 Å². The predicted molar refractivity (Wildman–Crippen MR) is 60.6 cm³/mol. The Labute approximate surface area is 105 Å². The summed E-state index contributed by atoms with van der Waals surface area (Å²) in [5.41, 5.74) is -1.97. The normalized spacial score (nSPS) is 23.2. The van der Waals surface area contributed by atoms with Gasteiger partial charge in [0.1, 0.15) is 5.60 Å². The van der Waals surface area contributed by atoms with Crippen LogP contribution in [0, 0.1) is 5.92 Å². The summed E-state index contributed by atoms with van der Waals surface area (Å²) in [6.45, 7) is 3.30. The van der Waals surface area contributed by atoms with Crippen LogP contribution in [0.4, 0.5) is 0 Å². The third-order valence-electron chi connectivity index (χ3n) is 2.97. The van der Waals surface area contributed by atoms with Crippen LogP contribution in [0.25, 0.3) is 0 Å². The molecule has 0 bridgehead atoms. The van der Waals surface area contributed by atoms with Crippen LogP contribution in [0.1, 0.15) is 33.1 Å². The molecule has 1 saturated carbocycles. The van der Waals surface area contributed by atoms with Gasteiger partial charge in [-0.2, -0.15) is 0 Å². The van der Waals surface area contributed by atoms with Crippen molar-refractivity contribution < 1.29 is 29.0 Å². The van der Waals surface area contributed by atoms with Crippen molar-refractivity contribution in [2.75, 3.05) is 13.2 Å². The second kappa shape index (κ2) is 5.95. The maximum Gasteiger partial charge on any atom is 0.323 e. The molecule has 0 aromatic rings. The molecule has 1 N–H and O–H groups in total. The smallest absolute Gasteiger partial charge is 0.323 e. The molecule has 6 nitrogen and oxygen atoms in total. The number of ether oxygens (including phenoxy) is 2. The molecule has 0 aliphatic heterocycles. The first-order valence-corrected chi connectivity index (χ1v) is 6.06. The van der Waals surface area contributed by atoms with Crippen LogP contribution in [0.2, 0.25) is 0 Å². The van der Waals surface area contributed by atoms with Crippen molar-refractivity contribution in [2.24, 2.45) is 5.92 Å². The van der Waals surface area contributed by atoms with Crippen LogP contribution >= 0.6 is 0 Å². The van der Waals surface area contributed by atoms with Crippen molar-refractivity contribution in [2.45, 2.75) is 38.7 Å². The molecule has 0 heterocycles. The number of esters is 2. The molecular weight excluding hydrogens is 240 g/mol. The van der Waals surface area contributed by atoms with Crippen molar-refractivity contribution in [1.29, 1.82) is 0 Å². The van der Waals surface area contributed by atoms with E-state index in [2.05, 4.69) is 0 Å². The van der Waals surface area contributed by atoms with E-state index < -0.39 is 29.2 Å². The second-order valence-electron chi connectivity index (χ2n) is 4.14.